The molecule has 0 aromatic rings. The third-order valence-electron chi connectivity index (χ3n) is 4.55. The highest BCUT2D eigenvalue weighted by molar-refractivity contribution is 6.76. The Morgan fingerprint density at radius 2 is 1.90 bits per heavy atom. The molecule has 4 nitrogen and oxygen atoms in total. The summed E-state index contributed by atoms with van der Waals surface area (Å²) in [6.07, 6.45) is 5.11. The zero-order valence-electron chi connectivity index (χ0n) is 11.9. The number of amides is 1. The van der Waals surface area contributed by atoms with Gasteiger partial charge in [0, 0.05) is 6.04 Å². The number of hydrogen-bond donors (Lipinski definition) is 1. The Morgan fingerprint density at radius 3 is 2.52 bits per heavy atom. The molecule has 2 aliphatic rings. The molecule has 2 fully saturated rings. The molecule has 2 aliphatic carbocycles. The van der Waals surface area contributed by atoms with E-state index in [0.29, 0.717) is 12.5 Å². The lowest BCUT2D eigenvalue weighted by Gasteiger charge is -2.29. The van der Waals surface area contributed by atoms with E-state index in [1.165, 1.54) is 6.42 Å². The molecular weight excluding hydrogens is 337 g/mol. The molecular formula is C14H20Cl3NO3. The fourth-order valence-corrected chi connectivity index (χ4v) is 3.91. The lowest BCUT2D eigenvalue weighted by Crippen LogP contribution is -2.46. The molecule has 0 heterocycles. The van der Waals surface area contributed by atoms with E-state index in [2.05, 4.69) is 5.32 Å². The first-order valence-electron chi connectivity index (χ1n) is 7.39. The van der Waals surface area contributed by atoms with Crippen molar-refractivity contribution in [3.63, 3.8) is 0 Å². The number of carbonyl (C=O) groups is 2. The van der Waals surface area contributed by atoms with Gasteiger partial charge in [0.05, 0.1) is 12.5 Å². The summed E-state index contributed by atoms with van der Waals surface area (Å²) in [5, 5.41) is 2.73. The van der Waals surface area contributed by atoms with Crippen LogP contribution in [-0.2, 0) is 14.3 Å². The maximum Gasteiger partial charge on any atom is 0.311 e. The lowest BCUT2D eigenvalue weighted by molar-refractivity contribution is -0.150. The zero-order valence-corrected chi connectivity index (χ0v) is 14.2. The van der Waals surface area contributed by atoms with Crippen LogP contribution in [0.1, 0.15) is 39.0 Å². The number of alkyl halides is 3. The molecule has 7 heteroatoms. The Kier molecular flexibility index (Phi) is 5.66. The van der Waals surface area contributed by atoms with Gasteiger partial charge in [0.2, 0.25) is 0 Å². The highest BCUT2D eigenvalue weighted by atomic mass is 35.6. The summed E-state index contributed by atoms with van der Waals surface area (Å²) >= 11 is 16.8. The first kappa shape index (κ1) is 17.2. The fourth-order valence-electron chi connectivity index (χ4n) is 3.75. The molecule has 2 rings (SSSR count). The van der Waals surface area contributed by atoms with Gasteiger partial charge in [-0.05, 0) is 31.6 Å². The SMILES string of the molecule is CCOC(=O)C1C(NC(=O)C(Cl)(Cl)Cl)CC2CCCCC21. The first-order chi connectivity index (χ1) is 9.84. The Balaban J connectivity index is 2.13. The fraction of sp³-hybridized carbons (Fsp3) is 0.857. The minimum absolute atomic E-state index is 0.249. The average Bonchev–Trinajstić information content (AvgIpc) is 2.75. The van der Waals surface area contributed by atoms with E-state index in [-0.39, 0.29) is 23.8 Å². The first-order valence-corrected chi connectivity index (χ1v) is 8.52. The van der Waals surface area contributed by atoms with E-state index < -0.39 is 9.70 Å². The van der Waals surface area contributed by atoms with E-state index in [9.17, 15) is 9.59 Å². The Morgan fingerprint density at radius 1 is 1.24 bits per heavy atom. The Bertz CT molecular complexity index is 411. The van der Waals surface area contributed by atoms with Crippen molar-refractivity contribution in [3.05, 3.63) is 0 Å². The van der Waals surface area contributed by atoms with Crippen molar-refractivity contribution in [2.24, 2.45) is 17.8 Å². The van der Waals surface area contributed by atoms with Gasteiger partial charge in [0.1, 0.15) is 0 Å². The van der Waals surface area contributed by atoms with Crippen LogP contribution >= 0.6 is 34.8 Å². The molecule has 2 saturated carbocycles. The van der Waals surface area contributed by atoms with Crippen LogP contribution in [-0.4, -0.2) is 28.3 Å². The monoisotopic (exact) mass is 355 g/mol. The van der Waals surface area contributed by atoms with E-state index in [0.717, 1.165) is 25.7 Å². The van der Waals surface area contributed by atoms with Crippen LogP contribution < -0.4 is 5.32 Å². The number of hydrogen-bond acceptors (Lipinski definition) is 3. The minimum atomic E-state index is -2.01. The third kappa shape index (κ3) is 3.96. The molecule has 4 unspecified atom stereocenters. The molecule has 4 atom stereocenters. The number of nitrogens with one attached hydrogen (secondary N) is 1. The van der Waals surface area contributed by atoms with Crippen molar-refractivity contribution in [1.29, 1.82) is 0 Å². The Hall–Kier alpha value is -0.190. The van der Waals surface area contributed by atoms with Crippen molar-refractivity contribution in [1.82, 2.24) is 5.32 Å². The van der Waals surface area contributed by atoms with Gasteiger partial charge >= 0.3 is 5.97 Å². The van der Waals surface area contributed by atoms with Crippen LogP contribution in [0.25, 0.3) is 0 Å². The molecule has 0 bridgehead atoms. The number of carbonyl (C=O) groups excluding carboxylic acids is 2. The second kappa shape index (κ2) is 6.93. The number of halogens is 3. The third-order valence-corrected chi connectivity index (χ3v) is 5.07. The van der Waals surface area contributed by atoms with Crippen molar-refractivity contribution in [3.8, 4) is 0 Å². The second-order valence-corrected chi connectivity index (χ2v) is 8.08. The minimum Gasteiger partial charge on any atom is -0.466 e. The summed E-state index contributed by atoms with van der Waals surface area (Å²) in [5.41, 5.74) is 0. The van der Waals surface area contributed by atoms with E-state index in [1.807, 2.05) is 0 Å². The predicted molar refractivity (Wildman–Crippen MR) is 82.4 cm³/mol. The van der Waals surface area contributed by atoms with Crippen LogP contribution in [0.4, 0.5) is 0 Å². The molecule has 0 aromatic heterocycles. The maximum atomic E-state index is 12.3. The van der Waals surface area contributed by atoms with E-state index in [1.54, 1.807) is 6.92 Å². The van der Waals surface area contributed by atoms with Crippen molar-refractivity contribution in [2.75, 3.05) is 6.61 Å². The lowest BCUT2D eigenvalue weighted by atomic mass is 9.78. The average molecular weight is 357 g/mol. The highest BCUT2D eigenvalue weighted by Gasteiger charge is 2.49. The van der Waals surface area contributed by atoms with Gasteiger partial charge in [0.15, 0.2) is 0 Å². The van der Waals surface area contributed by atoms with Gasteiger partial charge in [-0.1, -0.05) is 54.1 Å². The number of esters is 1. The highest BCUT2D eigenvalue weighted by Crippen LogP contribution is 2.46. The van der Waals surface area contributed by atoms with Crippen LogP contribution in [0.2, 0.25) is 0 Å². The Labute approximate surface area is 139 Å². The topological polar surface area (TPSA) is 55.4 Å². The van der Waals surface area contributed by atoms with Gasteiger partial charge in [0.25, 0.3) is 9.70 Å². The predicted octanol–water partition coefficient (Wildman–Crippen LogP) is 3.23. The van der Waals surface area contributed by atoms with Crippen LogP contribution in [0.5, 0.6) is 0 Å². The molecule has 1 amide bonds. The zero-order chi connectivity index (χ0) is 15.6. The van der Waals surface area contributed by atoms with Crippen LogP contribution in [0.15, 0.2) is 0 Å². The summed E-state index contributed by atoms with van der Waals surface area (Å²) in [6, 6.07) is -0.305. The molecule has 1 N–H and O–H groups in total. The number of fused-ring (bicyclic) bond motifs is 1. The van der Waals surface area contributed by atoms with Crippen LogP contribution in [0, 0.1) is 17.8 Å². The molecule has 0 aromatic carbocycles. The van der Waals surface area contributed by atoms with Gasteiger partial charge in [-0.2, -0.15) is 0 Å². The number of rotatable bonds is 3. The smallest absolute Gasteiger partial charge is 0.311 e. The maximum absolute atomic E-state index is 12.3. The van der Waals surface area contributed by atoms with Gasteiger partial charge in [-0.3, -0.25) is 9.59 Å². The summed E-state index contributed by atoms with van der Waals surface area (Å²) in [4.78, 5) is 24.2. The normalized spacial score (nSPS) is 32.4. The van der Waals surface area contributed by atoms with Gasteiger partial charge < -0.3 is 10.1 Å². The molecule has 0 radical (unpaired) electrons. The summed E-state index contributed by atoms with van der Waals surface area (Å²) < 4.78 is 3.18. The molecule has 0 spiro atoms. The van der Waals surface area contributed by atoms with E-state index in [4.69, 9.17) is 39.5 Å². The summed E-state index contributed by atoms with van der Waals surface area (Å²) in [6.45, 7) is 2.11. The van der Waals surface area contributed by atoms with Crippen molar-refractivity contribution < 1.29 is 14.3 Å². The van der Waals surface area contributed by atoms with Crippen molar-refractivity contribution in [2.45, 2.75) is 48.9 Å². The standard InChI is InChI=1S/C14H20Cl3NO3/c1-2-21-12(19)11-9-6-4-3-5-8(9)7-10(11)18-13(20)14(15,16)17/h8-11H,2-7H2,1H3,(H,18,20). The van der Waals surface area contributed by atoms with Gasteiger partial charge in [-0.25, -0.2) is 0 Å². The second-order valence-electron chi connectivity index (χ2n) is 5.80. The summed E-state index contributed by atoms with van der Waals surface area (Å²) in [5.74, 6) is -0.550. The van der Waals surface area contributed by atoms with Gasteiger partial charge in [-0.15, -0.1) is 0 Å². The van der Waals surface area contributed by atoms with Crippen LogP contribution in [0.3, 0.4) is 0 Å². The summed E-state index contributed by atoms with van der Waals surface area (Å²) in [7, 11) is 0. The quantitative estimate of drug-likeness (QED) is 0.624. The largest absolute Gasteiger partial charge is 0.466 e. The molecule has 120 valence electrons. The molecule has 0 saturated heterocycles. The molecule has 21 heavy (non-hydrogen) atoms. The van der Waals surface area contributed by atoms with Crippen molar-refractivity contribution >= 4 is 46.7 Å². The molecule has 0 aliphatic heterocycles. The number of ether oxygens (including phenoxy) is 1. The van der Waals surface area contributed by atoms with E-state index >= 15 is 0 Å².